The van der Waals surface area contributed by atoms with Crippen LogP contribution in [0.25, 0.3) is 11.3 Å². The fourth-order valence-electron chi connectivity index (χ4n) is 1.36. The summed E-state index contributed by atoms with van der Waals surface area (Å²) in [4.78, 5) is 4.67. The predicted molar refractivity (Wildman–Crippen MR) is 66.3 cm³/mol. The van der Waals surface area contributed by atoms with Crippen LogP contribution in [0.5, 0.6) is 0 Å². The van der Waals surface area contributed by atoms with E-state index < -0.39 is 0 Å². The van der Waals surface area contributed by atoms with Crippen molar-refractivity contribution in [2.75, 3.05) is 0 Å². The van der Waals surface area contributed by atoms with Gasteiger partial charge in [0, 0.05) is 16.4 Å². The molecule has 0 spiro atoms. The lowest BCUT2D eigenvalue weighted by Crippen LogP contribution is -2.10. The molecule has 2 aromatic rings. The molecule has 0 bridgehead atoms. The SMILES string of the molecule is CC(C)(C)c1nc(-c2ccccc2)cs1. The summed E-state index contributed by atoms with van der Waals surface area (Å²) in [7, 11) is 0. The van der Waals surface area contributed by atoms with Gasteiger partial charge in [0.1, 0.15) is 0 Å². The van der Waals surface area contributed by atoms with E-state index in [0.29, 0.717) is 0 Å². The third kappa shape index (κ3) is 2.26. The third-order valence-corrected chi connectivity index (χ3v) is 3.48. The van der Waals surface area contributed by atoms with E-state index in [-0.39, 0.29) is 5.41 Å². The molecule has 1 heterocycles. The third-order valence-electron chi connectivity index (χ3n) is 2.22. The summed E-state index contributed by atoms with van der Waals surface area (Å²) in [5.41, 5.74) is 2.44. The van der Waals surface area contributed by atoms with Crippen molar-refractivity contribution < 1.29 is 0 Å². The molecule has 0 N–H and O–H groups in total. The molecule has 1 nitrogen and oxygen atoms in total. The molecule has 0 aliphatic rings. The lowest BCUT2D eigenvalue weighted by molar-refractivity contribution is 0.586. The molecule has 0 radical (unpaired) electrons. The predicted octanol–water partition coefficient (Wildman–Crippen LogP) is 4.11. The number of rotatable bonds is 1. The zero-order chi connectivity index (χ0) is 10.9. The van der Waals surface area contributed by atoms with Crippen molar-refractivity contribution in [2.45, 2.75) is 26.2 Å². The molecule has 0 atom stereocenters. The molecule has 0 saturated carbocycles. The van der Waals surface area contributed by atoms with E-state index in [0.717, 1.165) is 5.69 Å². The Bertz CT molecular complexity index is 437. The van der Waals surface area contributed by atoms with Gasteiger partial charge in [0.2, 0.25) is 0 Å². The van der Waals surface area contributed by atoms with E-state index in [4.69, 9.17) is 0 Å². The molecule has 2 heteroatoms. The maximum Gasteiger partial charge on any atom is 0.0986 e. The Kier molecular flexibility index (Phi) is 2.61. The lowest BCUT2D eigenvalue weighted by Gasteiger charge is -2.13. The minimum Gasteiger partial charge on any atom is -0.241 e. The standard InChI is InChI=1S/C13H15NS/c1-13(2,3)12-14-11(9-15-12)10-7-5-4-6-8-10/h4-9H,1-3H3. The first-order chi connectivity index (χ1) is 7.07. The number of nitrogens with zero attached hydrogens (tertiary/aromatic N) is 1. The molecule has 78 valence electrons. The highest BCUT2D eigenvalue weighted by molar-refractivity contribution is 7.10. The van der Waals surface area contributed by atoms with Gasteiger partial charge in [-0.05, 0) is 0 Å². The normalized spacial score (nSPS) is 11.7. The highest BCUT2D eigenvalue weighted by atomic mass is 32.1. The summed E-state index contributed by atoms with van der Waals surface area (Å²) >= 11 is 1.74. The van der Waals surface area contributed by atoms with Gasteiger partial charge in [-0.1, -0.05) is 51.1 Å². The van der Waals surface area contributed by atoms with Crippen LogP contribution in [0.1, 0.15) is 25.8 Å². The zero-order valence-electron chi connectivity index (χ0n) is 9.32. The summed E-state index contributed by atoms with van der Waals surface area (Å²) in [5.74, 6) is 0. The van der Waals surface area contributed by atoms with Crippen LogP contribution in [0.15, 0.2) is 35.7 Å². The quantitative estimate of drug-likeness (QED) is 0.700. The summed E-state index contributed by atoms with van der Waals surface area (Å²) < 4.78 is 0. The van der Waals surface area contributed by atoms with Crippen molar-refractivity contribution in [1.82, 2.24) is 4.98 Å². The summed E-state index contributed by atoms with van der Waals surface area (Å²) in [6.07, 6.45) is 0. The summed E-state index contributed by atoms with van der Waals surface area (Å²) in [5, 5.41) is 3.33. The second-order valence-corrected chi connectivity index (χ2v) is 5.51. The van der Waals surface area contributed by atoms with E-state index in [2.05, 4.69) is 43.3 Å². The Morgan fingerprint density at radius 2 is 1.73 bits per heavy atom. The van der Waals surface area contributed by atoms with Gasteiger partial charge in [0.25, 0.3) is 0 Å². The van der Waals surface area contributed by atoms with Crippen LogP contribution in [-0.4, -0.2) is 4.98 Å². The van der Waals surface area contributed by atoms with Crippen molar-refractivity contribution in [2.24, 2.45) is 0 Å². The number of hydrogen-bond acceptors (Lipinski definition) is 2. The topological polar surface area (TPSA) is 12.9 Å². The van der Waals surface area contributed by atoms with Gasteiger partial charge in [-0.15, -0.1) is 11.3 Å². The monoisotopic (exact) mass is 217 g/mol. The first-order valence-corrected chi connectivity index (χ1v) is 5.97. The average Bonchev–Trinajstić information content (AvgIpc) is 2.67. The smallest absolute Gasteiger partial charge is 0.0986 e. The van der Waals surface area contributed by atoms with Crippen molar-refractivity contribution in [3.8, 4) is 11.3 Å². The van der Waals surface area contributed by atoms with Crippen LogP contribution in [0, 0.1) is 0 Å². The molecular formula is C13H15NS. The van der Waals surface area contributed by atoms with Crippen molar-refractivity contribution >= 4 is 11.3 Å². The molecule has 15 heavy (non-hydrogen) atoms. The van der Waals surface area contributed by atoms with E-state index in [1.54, 1.807) is 11.3 Å². The van der Waals surface area contributed by atoms with Gasteiger partial charge in [0.15, 0.2) is 0 Å². The van der Waals surface area contributed by atoms with E-state index in [1.165, 1.54) is 10.6 Å². The van der Waals surface area contributed by atoms with Gasteiger partial charge < -0.3 is 0 Å². The first-order valence-electron chi connectivity index (χ1n) is 5.09. The van der Waals surface area contributed by atoms with Crippen LogP contribution in [0.3, 0.4) is 0 Å². The molecule has 0 saturated heterocycles. The van der Waals surface area contributed by atoms with Crippen LogP contribution in [0.2, 0.25) is 0 Å². The highest BCUT2D eigenvalue weighted by Gasteiger charge is 2.18. The minimum absolute atomic E-state index is 0.150. The van der Waals surface area contributed by atoms with E-state index in [1.807, 2.05) is 18.2 Å². The molecule has 0 amide bonds. The number of aromatic nitrogens is 1. The molecule has 2 rings (SSSR count). The average molecular weight is 217 g/mol. The number of thiazole rings is 1. The zero-order valence-corrected chi connectivity index (χ0v) is 10.1. The molecule has 0 unspecified atom stereocenters. The molecule has 0 aliphatic heterocycles. The van der Waals surface area contributed by atoms with Gasteiger partial charge >= 0.3 is 0 Å². The second kappa shape index (κ2) is 3.78. The molecule has 0 fully saturated rings. The Morgan fingerprint density at radius 3 is 2.27 bits per heavy atom. The van der Waals surface area contributed by atoms with Gasteiger partial charge in [-0.2, -0.15) is 0 Å². The largest absolute Gasteiger partial charge is 0.241 e. The Morgan fingerprint density at radius 1 is 1.07 bits per heavy atom. The summed E-state index contributed by atoms with van der Waals surface area (Å²) in [6, 6.07) is 10.3. The van der Waals surface area contributed by atoms with Crippen molar-refractivity contribution in [3.63, 3.8) is 0 Å². The van der Waals surface area contributed by atoms with Crippen LogP contribution in [-0.2, 0) is 5.41 Å². The Labute approximate surface area is 94.8 Å². The lowest BCUT2D eigenvalue weighted by atomic mass is 9.98. The highest BCUT2D eigenvalue weighted by Crippen LogP contribution is 2.29. The maximum absolute atomic E-state index is 4.67. The van der Waals surface area contributed by atoms with Crippen molar-refractivity contribution in [1.29, 1.82) is 0 Å². The number of hydrogen-bond donors (Lipinski definition) is 0. The fraction of sp³-hybridized carbons (Fsp3) is 0.308. The first kappa shape index (κ1) is 10.4. The molecule has 0 aliphatic carbocycles. The van der Waals surface area contributed by atoms with Crippen LogP contribution >= 0.6 is 11.3 Å². The Balaban J connectivity index is 2.37. The van der Waals surface area contributed by atoms with Crippen LogP contribution in [0.4, 0.5) is 0 Å². The number of benzene rings is 1. The maximum atomic E-state index is 4.67. The second-order valence-electron chi connectivity index (χ2n) is 4.65. The van der Waals surface area contributed by atoms with Gasteiger partial charge in [-0.25, -0.2) is 4.98 Å². The van der Waals surface area contributed by atoms with Crippen LogP contribution < -0.4 is 0 Å². The molecule has 1 aromatic heterocycles. The van der Waals surface area contributed by atoms with E-state index in [9.17, 15) is 0 Å². The van der Waals surface area contributed by atoms with Crippen molar-refractivity contribution in [3.05, 3.63) is 40.7 Å². The minimum atomic E-state index is 0.150. The summed E-state index contributed by atoms with van der Waals surface area (Å²) in [6.45, 7) is 6.59. The molecule has 1 aromatic carbocycles. The van der Waals surface area contributed by atoms with E-state index >= 15 is 0 Å². The van der Waals surface area contributed by atoms with Gasteiger partial charge in [-0.3, -0.25) is 0 Å². The fourth-order valence-corrected chi connectivity index (χ4v) is 2.28. The van der Waals surface area contributed by atoms with Gasteiger partial charge in [0.05, 0.1) is 10.7 Å². The Hall–Kier alpha value is -1.15. The molecular weight excluding hydrogens is 202 g/mol.